The van der Waals surface area contributed by atoms with Gasteiger partial charge in [-0.15, -0.1) is 0 Å². The van der Waals surface area contributed by atoms with Gasteiger partial charge in [0.2, 0.25) is 0 Å². The Morgan fingerprint density at radius 1 is 1.19 bits per heavy atom. The summed E-state index contributed by atoms with van der Waals surface area (Å²) >= 11 is 0. The van der Waals surface area contributed by atoms with Crippen molar-refractivity contribution < 1.29 is 4.74 Å². The van der Waals surface area contributed by atoms with Gasteiger partial charge in [-0.25, -0.2) is 4.98 Å². The second kappa shape index (κ2) is 5.78. The molecule has 21 heavy (non-hydrogen) atoms. The van der Waals surface area contributed by atoms with E-state index in [1.807, 2.05) is 37.3 Å². The van der Waals surface area contributed by atoms with E-state index in [1.165, 1.54) is 6.33 Å². The van der Waals surface area contributed by atoms with Gasteiger partial charge in [0.15, 0.2) is 0 Å². The Morgan fingerprint density at radius 2 is 2.00 bits per heavy atom. The van der Waals surface area contributed by atoms with Crippen LogP contribution in [0.2, 0.25) is 0 Å². The van der Waals surface area contributed by atoms with E-state index in [1.54, 1.807) is 4.52 Å². The molecule has 108 valence electrons. The van der Waals surface area contributed by atoms with Crippen LogP contribution in [0.15, 0.2) is 36.7 Å². The molecule has 0 aliphatic heterocycles. The Labute approximate surface area is 122 Å². The molecule has 3 rings (SSSR count). The molecule has 0 bridgehead atoms. The van der Waals surface area contributed by atoms with Crippen LogP contribution in [0.3, 0.4) is 0 Å². The predicted octanol–water partition coefficient (Wildman–Crippen LogP) is 2.83. The van der Waals surface area contributed by atoms with Crippen molar-refractivity contribution in [2.75, 3.05) is 11.9 Å². The van der Waals surface area contributed by atoms with E-state index in [9.17, 15) is 0 Å². The molecule has 1 N–H and O–H groups in total. The van der Waals surface area contributed by atoms with Crippen LogP contribution in [0.4, 0.5) is 11.5 Å². The first kappa shape index (κ1) is 13.4. The first-order valence-electron chi connectivity index (χ1n) is 6.99. The van der Waals surface area contributed by atoms with Crippen molar-refractivity contribution in [1.82, 2.24) is 19.6 Å². The van der Waals surface area contributed by atoms with E-state index in [0.29, 0.717) is 12.4 Å². The molecule has 0 spiro atoms. The number of aromatic nitrogens is 4. The van der Waals surface area contributed by atoms with Crippen LogP contribution in [0.25, 0.3) is 5.78 Å². The average Bonchev–Trinajstić information content (AvgIpc) is 2.98. The maximum atomic E-state index is 5.44. The van der Waals surface area contributed by atoms with Crippen molar-refractivity contribution in [1.29, 1.82) is 0 Å². The van der Waals surface area contributed by atoms with Crippen LogP contribution in [0, 0.1) is 0 Å². The molecule has 0 aliphatic rings. The van der Waals surface area contributed by atoms with Gasteiger partial charge in [-0.3, -0.25) is 0 Å². The van der Waals surface area contributed by atoms with Gasteiger partial charge < -0.3 is 10.1 Å². The lowest BCUT2D eigenvalue weighted by Crippen LogP contribution is -2.03. The van der Waals surface area contributed by atoms with Crippen LogP contribution in [-0.4, -0.2) is 26.2 Å². The number of aryl methyl sites for hydroxylation is 1. The normalized spacial score (nSPS) is 10.8. The molecule has 0 saturated carbocycles. The minimum atomic E-state index is 0.600. The van der Waals surface area contributed by atoms with Crippen molar-refractivity contribution in [3.8, 4) is 5.75 Å². The van der Waals surface area contributed by atoms with Gasteiger partial charge in [-0.1, -0.05) is 6.92 Å². The molecular weight excluding hydrogens is 266 g/mol. The van der Waals surface area contributed by atoms with E-state index in [0.717, 1.165) is 29.4 Å². The fourth-order valence-electron chi connectivity index (χ4n) is 2.08. The lowest BCUT2D eigenvalue weighted by molar-refractivity contribution is 0.340. The second-order valence-corrected chi connectivity index (χ2v) is 4.54. The van der Waals surface area contributed by atoms with Crippen molar-refractivity contribution in [2.45, 2.75) is 20.3 Å². The highest BCUT2D eigenvalue weighted by Crippen LogP contribution is 2.20. The van der Waals surface area contributed by atoms with Crippen LogP contribution < -0.4 is 10.1 Å². The Hall–Kier alpha value is -2.63. The number of anilines is 2. The molecule has 6 heteroatoms. The van der Waals surface area contributed by atoms with Crippen LogP contribution in [0.5, 0.6) is 5.75 Å². The van der Waals surface area contributed by atoms with Gasteiger partial charge in [0.1, 0.15) is 17.9 Å². The van der Waals surface area contributed by atoms with E-state index >= 15 is 0 Å². The molecule has 1 aromatic carbocycles. The number of benzene rings is 1. The first-order chi connectivity index (χ1) is 10.3. The van der Waals surface area contributed by atoms with Gasteiger partial charge in [-0.2, -0.15) is 14.6 Å². The molecule has 2 aromatic heterocycles. The number of hydrogen-bond donors (Lipinski definition) is 1. The summed E-state index contributed by atoms with van der Waals surface area (Å²) in [6, 6.07) is 9.80. The molecule has 0 radical (unpaired) electrons. The van der Waals surface area contributed by atoms with Gasteiger partial charge in [0, 0.05) is 17.4 Å². The molecule has 0 unspecified atom stereocenters. The number of fused-ring (bicyclic) bond motifs is 1. The summed E-state index contributed by atoms with van der Waals surface area (Å²) in [6.07, 6.45) is 2.35. The topological polar surface area (TPSA) is 64.3 Å². The summed E-state index contributed by atoms with van der Waals surface area (Å²) in [4.78, 5) is 8.57. The van der Waals surface area contributed by atoms with Crippen LogP contribution in [0.1, 0.15) is 19.5 Å². The molecule has 3 aromatic rings. The smallest absolute Gasteiger partial charge is 0.254 e. The quantitative estimate of drug-likeness (QED) is 0.780. The van der Waals surface area contributed by atoms with Gasteiger partial charge in [-0.05, 0) is 37.6 Å². The standard InChI is InChI=1S/C15H17N5O/c1-3-11-9-14(20-15(19-11)16-10-17-20)18-12-5-7-13(8-6-12)21-4-2/h5-10,18H,3-4H2,1-2H3. The lowest BCUT2D eigenvalue weighted by Gasteiger charge is -2.10. The van der Waals surface area contributed by atoms with Crippen LogP contribution in [-0.2, 0) is 6.42 Å². The van der Waals surface area contributed by atoms with E-state index in [-0.39, 0.29) is 0 Å². The number of hydrogen-bond acceptors (Lipinski definition) is 5. The molecular formula is C15H17N5O. The number of nitrogens with zero attached hydrogens (tertiary/aromatic N) is 4. The maximum absolute atomic E-state index is 5.44. The molecule has 2 heterocycles. The van der Waals surface area contributed by atoms with Gasteiger partial charge in [0.05, 0.1) is 6.61 Å². The summed E-state index contributed by atoms with van der Waals surface area (Å²) in [5, 5.41) is 7.54. The molecule has 0 amide bonds. The Balaban J connectivity index is 1.91. The zero-order valence-electron chi connectivity index (χ0n) is 12.1. The van der Waals surface area contributed by atoms with E-state index in [2.05, 4.69) is 27.3 Å². The maximum Gasteiger partial charge on any atom is 0.254 e. The number of ether oxygens (including phenoxy) is 1. The summed E-state index contributed by atoms with van der Waals surface area (Å²) in [5.41, 5.74) is 1.94. The third kappa shape index (κ3) is 2.79. The average molecular weight is 283 g/mol. The molecule has 0 fully saturated rings. The van der Waals surface area contributed by atoms with Crippen molar-refractivity contribution >= 4 is 17.3 Å². The zero-order chi connectivity index (χ0) is 14.7. The summed E-state index contributed by atoms with van der Waals surface area (Å²) in [7, 11) is 0. The Morgan fingerprint density at radius 3 is 2.71 bits per heavy atom. The third-order valence-corrected chi connectivity index (χ3v) is 3.10. The minimum absolute atomic E-state index is 0.600. The van der Waals surface area contributed by atoms with Crippen molar-refractivity contribution in [3.63, 3.8) is 0 Å². The highest BCUT2D eigenvalue weighted by Gasteiger charge is 2.07. The van der Waals surface area contributed by atoms with Gasteiger partial charge in [0.25, 0.3) is 5.78 Å². The van der Waals surface area contributed by atoms with Crippen molar-refractivity contribution in [3.05, 3.63) is 42.4 Å². The summed E-state index contributed by atoms with van der Waals surface area (Å²) in [5.74, 6) is 2.30. The highest BCUT2D eigenvalue weighted by molar-refractivity contribution is 5.59. The van der Waals surface area contributed by atoms with E-state index in [4.69, 9.17) is 4.74 Å². The Bertz CT molecular complexity index is 735. The fourth-order valence-corrected chi connectivity index (χ4v) is 2.08. The largest absolute Gasteiger partial charge is 0.494 e. The van der Waals surface area contributed by atoms with Crippen LogP contribution >= 0.6 is 0 Å². The highest BCUT2D eigenvalue weighted by atomic mass is 16.5. The predicted molar refractivity (Wildman–Crippen MR) is 81.1 cm³/mol. The second-order valence-electron chi connectivity index (χ2n) is 4.54. The zero-order valence-corrected chi connectivity index (χ0v) is 12.1. The fraction of sp³-hybridized carbons (Fsp3) is 0.267. The van der Waals surface area contributed by atoms with E-state index < -0.39 is 0 Å². The number of nitrogens with one attached hydrogen (secondary N) is 1. The third-order valence-electron chi connectivity index (χ3n) is 3.10. The minimum Gasteiger partial charge on any atom is -0.494 e. The number of rotatable bonds is 5. The molecule has 6 nitrogen and oxygen atoms in total. The van der Waals surface area contributed by atoms with Gasteiger partial charge >= 0.3 is 0 Å². The summed E-state index contributed by atoms with van der Waals surface area (Å²) < 4.78 is 7.13. The molecule has 0 aliphatic carbocycles. The first-order valence-corrected chi connectivity index (χ1v) is 6.99. The lowest BCUT2D eigenvalue weighted by atomic mass is 10.3. The molecule has 0 atom stereocenters. The summed E-state index contributed by atoms with van der Waals surface area (Å²) in [6.45, 7) is 4.70. The Kier molecular flexibility index (Phi) is 3.68. The SMILES string of the molecule is CCOc1ccc(Nc2cc(CC)nc3ncnn23)cc1. The monoisotopic (exact) mass is 283 g/mol. The van der Waals surface area contributed by atoms with Crippen molar-refractivity contribution in [2.24, 2.45) is 0 Å². The molecule has 0 saturated heterocycles.